The van der Waals surface area contributed by atoms with E-state index in [1.165, 1.54) is 6.33 Å². The summed E-state index contributed by atoms with van der Waals surface area (Å²) in [6, 6.07) is 8.58. The minimum Gasteiger partial charge on any atom is -0.508 e. The minimum atomic E-state index is 0.187. The topological polar surface area (TPSA) is 98.5 Å². The Morgan fingerprint density at radius 3 is 2.67 bits per heavy atom. The van der Waals surface area contributed by atoms with Crippen LogP contribution in [0.1, 0.15) is 5.69 Å². The van der Waals surface area contributed by atoms with Crippen LogP contribution in [0.15, 0.2) is 30.6 Å². The van der Waals surface area contributed by atoms with Crippen molar-refractivity contribution >= 4 is 11.2 Å². The maximum Gasteiger partial charge on any atom is 0.182 e. The lowest BCUT2D eigenvalue weighted by Gasteiger charge is -1.95. The standard InChI is InChI=1S/C12H7N5O/c13-5-9-10-12(15-6-14-9)17-11(16-10)7-1-3-8(18)4-2-7/h1-4,6,18H,(H,14,15,16,17). The molecule has 2 N–H and O–H groups in total. The van der Waals surface area contributed by atoms with Crippen LogP contribution in [0.4, 0.5) is 0 Å². The number of benzene rings is 1. The second-order valence-corrected chi connectivity index (χ2v) is 3.66. The molecule has 18 heavy (non-hydrogen) atoms. The Hall–Kier alpha value is -2.94. The number of fused-ring (bicyclic) bond motifs is 1. The quantitative estimate of drug-likeness (QED) is 0.669. The largest absolute Gasteiger partial charge is 0.508 e. The van der Waals surface area contributed by atoms with Gasteiger partial charge in [-0.25, -0.2) is 15.0 Å². The highest BCUT2D eigenvalue weighted by Gasteiger charge is 2.10. The van der Waals surface area contributed by atoms with Gasteiger partial charge in [0.2, 0.25) is 0 Å². The molecule has 0 atom stereocenters. The van der Waals surface area contributed by atoms with E-state index < -0.39 is 0 Å². The van der Waals surface area contributed by atoms with Crippen molar-refractivity contribution in [3.8, 4) is 23.2 Å². The molecule has 0 aliphatic heterocycles. The summed E-state index contributed by atoms with van der Waals surface area (Å²) in [4.78, 5) is 15.2. The Morgan fingerprint density at radius 2 is 1.94 bits per heavy atom. The van der Waals surface area contributed by atoms with Gasteiger partial charge in [0.15, 0.2) is 11.3 Å². The third-order valence-corrected chi connectivity index (χ3v) is 2.54. The Morgan fingerprint density at radius 1 is 1.17 bits per heavy atom. The second-order valence-electron chi connectivity index (χ2n) is 3.66. The molecular formula is C12H7N5O. The predicted octanol–water partition coefficient (Wildman–Crippen LogP) is 1.60. The predicted molar refractivity (Wildman–Crippen MR) is 63.5 cm³/mol. The molecule has 0 saturated carbocycles. The van der Waals surface area contributed by atoms with Gasteiger partial charge in [0, 0.05) is 5.56 Å². The number of nitriles is 1. The highest BCUT2D eigenvalue weighted by Crippen LogP contribution is 2.22. The fourth-order valence-electron chi connectivity index (χ4n) is 1.67. The Balaban J connectivity index is 2.20. The van der Waals surface area contributed by atoms with Crippen molar-refractivity contribution in [1.82, 2.24) is 19.9 Å². The summed E-state index contributed by atoms with van der Waals surface area (Å²) in [5.74, 6) is 0.773. The molecule has 0 unspecified atom stereocenters. The minimum absolute atomic E-state index is 0.187. The molecule has 6 nitrogen and oxygen atoms in total. The van der Waals surface area contributed by atoms with Crippen LogP contribution in [0.25, 0.3) is 22.6 Å². The van der Waals surface area contributed by atoms with Crippen molar-refractivity contribution in [1.29, 1.82) is 5.26 Å². The number of aromatic nitrogens is 4. The van der Waals surface area contributed by atoms with Gasteiger partial charge in [-0.1, -0.05) is 0 Å². The molecule has 2 aromatic heterocycles. The molecule has 0 saturated heterocycles. The number of imidazole rings is 1. The monoisotopic (exact) mass is 237 g/mol. The van der Waals surface area contributed by atoms with Crippen molar-refractivity contribution in [3.05, 3.63) is 36.3 Å². The van der Waals surface area contributed by atoms with E-state index in [4.69, 9.17) is 5.26 Å². The van der Waals surface area contributed by atoms with Gasteiger partial charge in [0.05, 0.1) is 0 Å². The molecule has 0 aliphatic carbocycles. The number of rotatable bonds is 1. The Labute approximate surface area is 102 Å². The molecule has 1 aromatic carbocycles. The van der Waals surface area contributed by atoms with E-state index in [9.17, 15) is 5.11 Å². The van der Waals surface area contributed by atoms with E-state index in [0.717, 1.165) is 5.56 Å². The Kier molecular flexibility index (Phi) is 2.17. The zero-order chi connectivity index (χ0) is 12.5. The molecular weight excluding hydrogens is 230 g/mol. The maximum atomic E-state index is 9.23. The molecule has 0 radical (unpaired) electrons. The van der Waals surface area contributed by atoms with Gasteiger partial charge in [0.1, 0.15) is 29.5 Å². The van der Waals surface area contributed by atoms with Gasteiger partial charge in [-0.2, -0.15) is 5.26 Å². The smallest absolute Gasteiger partial charge is 0.182 e. The number of hydrogen-bond donors (Lipinski definition) is 2. The number of phenolic OH excluding ortho intramolecular Hbond substituents is 1. The van der Waals surface area contributed by atoms with Crippen LogP contribution in [0, 0.1) is 11.3 Å². The van der Waals surface area contributed by atoms with Crippen molar-refractivity contribution < 1.29 is 5.11 Å². The summed E-state index contributed by atoms with van der Waals surface area (Å²) in [6.07, 6.45) is 1.31. The molecule has 0 amide bonds. The van der Waals surface area contributed by atoms with Gasteiger partial charge < -0.3 is 10.1 Å². The third kappa shape index (κ3) is 1.55. The van der Waals surface area contributed by atoms with Crippen LogP contribution in [-0.4, -0.2) is 25.0 Å². The second kappa shape index (κ2) is 3.82. The third-order valence-electron chi connectivity index (χ3n) is 2.54. The van der Waals surface area contributed by atoms with Crippen LogP contribution in [-0.2, 0) is 0 Å². The fraction of sp³-hybridized carbons (Fsp3) is 0. The van der Waals surface area contributed by atoms with Crippen LogP contribution in [0.3, 0.4) is 0 Å². The molecule has 3 aromatic rings. The average molecular weight is 237 g/mol. The lowest BCUT2D eigenvalue weighted by molar-refractivity contribution is 0.475. The normalized spacial score (nSPS) is 10.4. The Bertz CT molecular complexity index is 754. The average Bonchev–Trinajstić information content (AvgIpc) is 2.83. The van der Waals surface area contributed by atoms with E-state index in [1.54, 1.807) is 24.3 Å². The maximum absolute atomic E-state index is 9.23. The fourth-order valence-corrected chi connectivity index (χ4v) is 1.67. The van der Waals surface area contributed by atoms with Gasteiger partial charge in [-0.05, 0) is 24.3 Å². The molecule has 86 valence electrons. The van der Waals surface area contributed by atoms with E-state index in [0.29, 0.717) is 17.0 Å². The highest BCUT2D eigenvalue weighted by molar-refractivity contribution is 5.79. The van der Waals surface area contributed by atoms with Gasteiger partial charge in [-0.15, -0.1) is 0 Å². The number of phenols is 1. The van der Waals surface area contributed by atoms with E-state index in [2.05, 4.69) is 19.9 Å². The van der Waals surface area contributed by atoms with E-state index in [-0.39, 0.29) is 11.4 Å². The highest BCUT2D eigenvalue weighted by atomic mass is 16.3. The summed E-state index contributed by atoms with van der Waals surface area (Å²) in [7, 11) is 0. The molecule has 6 heteroatoms. The lowest BCUT2D eigenvalue weighted by Crippen LogP contribution is -1.86. The van der Waals surface area contributed by atoms with Crippen LogP contribution < -0.4 is 0 Å². The SMILES string of the molecule is N#Cc1ncnc2nc(-c3ccc(O)cc3)[nH]c12. The molecule has 0 spiro atoms. The van der Waals surface area contributed by atoms with Crippen molar-refractivity contribution in [2.45, 2.75) is 0 Å². The number of aromatic hydroxyl groups is 1. The lowest BCUT2D eigenvalue weighted by atomic mass is 10.2. The number of hydrogen-bond acceptors (Lipinski definition) is 5. The first-order chi connectivity index (χ1) is 8.78. The summed E-state index contributed by atoms with van der Waals surface area (Å²) >= 11 is 0. The van der Waals surface area contributed by atoms with Crippen molar-refractivity contribution in [3.63, 3.8) is 0 Å². The summed E-state index contributed by atoms with van der Waals surface area (Å²) in [5.41, 5.74) is 2.03. The van der Waals surface area contributed by atoms with Gasteiger partial charge >= 0.3 is 0 Å². The molecule has 3 rings (SSSR count). The molecule has 2 heterocycles. The van der Waals surface area contributed by atoms with E-state index in [1.807, 2.05) is 6.07 Å². The molecule has 0 bridgehead atoms. The number of nitrogens with zero attached hydrogens (tertiary/aromatic N) is 4. The summed E-state index contributed by atoms with van der Waals surface area (Å²) in [6.45, 7) is 0. The number of nitrogens with one attached hydrogen (secondary N) is 1. The van der Waals surface area contributed by atoms with Crippen LogP contribution in [0.2, 0.25) is 0 Å². The molecule has 0 aliphatic rings. The number of aromatic amines is 1. The first-order valence-corrected chi connectivity index (χ1v) is 5.18. The van der Waals surface area contributed by atoms with Gasteiger partial charge in [-0.3, -0.25) is 0 Å². The zero-order valence-corrected chi connectivity index (χ0v) is 9.12. The first-order valence-electron chi connectivity index (χ1n) is 5.18. The van der Waals surface area contributed by atoms with Crippen molar-refractivity contribution in [2.75, 3.05) is 0 Å². The van der Waals surface area contributed by atoms with E-state index >= 15 is 0 Å². The van der Waals surface area contributed by atoms with Gasteiger partial charge in [0.25, 0.3) is 0 Å². The molecule has 0 fully saturated rings. The summed E-state index contributed by atoms with van der Waals surface area (Å²) in [5, 5.41) is 18.2. The first kappa shape index (κ1) is 10.2. The zero-order valence-electron chi connectivity index (χ0n) is 9.12. The van der Waals surface area contributed by atoms with Crippen molar-refractivity contribution in [2.24, 2.45) is 0 Å². The number of H-pyrrole nitrogens is 1. The summed E-state index contributed by atoms with van der Waals surface area (Å²) < 4.78 is 0. The van der Waals surface area contributed by atoms with Crippen LogP contribution >= 0.6 is 0 Å². The van der Waals surface area contributed by atoms with Crippen LogP contribution in [0.5, 0.6) is 5.75 Å².